The van der Waals surface area contributed by atoms with E-state index in [-0.39, 0.29) is 48.6 Å². The minimum absolute atomic E-state index is 0. The van der Waals surface area contributed by atoms with Gasteiger partial charge < -0.3 is 10.2 Å². The number of aromatic nitrogens is 2. The van der Waals surface area contributed by atoms with Crippen LogP contribution in [0, 0.1) is 19.7 Å². The van der Waals surface area contributed by atoms with Gasteiger partial charge in [-0.05, 0) is 44.5 Å². The number of hydrogen-bond donors (Lipinski definition) is 1. The van der Waals surface area contributed by atoms with Crippen molar-refractivity contribution in [3.05, 3.63) is 53.1 Å². The van der Waals surface area contributed by atoms with E-state index in [0.717, 1.165) is 23.5 Å². The zero-order chi connectivity index (χ0) is 18.0. The number of carbonyl (C=O) groups excluding carboxylic acids is 1. The summed E-state index contributed by atoms with van der Waals surface area (Å²) in [6, 6.07) is 8.39. The summed E-state index contributed by atoms with van der Waals surface area (Å²) in [5.41, 5.74) is 2.84. The topological polar surface area (TPSA) is 50.2 Å². The molecule has 150 valence electrons. The molecule has 2 unspecified atom stereocenters. The van der Waals surface area contributed by atoms with Crippen LogP contribution in [0.2, 0.25) is 0 Å². The third-order valence-electron chi connectivity index (χ3n) is 4.73. The molecule has 0 aliphatic carbocycles. The molecule has 1 fully saturated rings. The minimum Gasteiger partial charge on any atom is -0.333 e. The second-order valence-electron chi connectivity index (χ2n) is 6.79. The zero-order valence-corrected chi connectivity index (χ0v) is 17.4. The van der Waals surface area contributed by atoms with Gasteiger partial charge in [0.25, 0.3) is 0 Å². The van der Waals surface area contributed by atoms with Crippen molar-refractivity contribution in [1.29, 1.82) is 0 Å². The van der Waals surface area contributed by atoms with E-state index in [1.807, 2.05) is 42.5 Å². The molecule has 0 bridgehead atoms. The molecule has 1 aromatic heterocycles. The predicted octanol–water partition coefficient (Wildman–Crippen LogP) is 3.61. The van der Waals surface area contributed by atoms with Gasteiger partial charge in [-0.25, -0.2) is 4.39 Å². The Kier molecular flexibility index (Phi) is 8.72. The second kappa shape index (κ2) is 10.1. The molecule has 1 saturated heterocycles. The largest absolute Gasteiger partial charge is 0.333 e. The molecule has 1 aliphatic heterocycles. The molecule has 1 aromatic carbocycles. The molecule has 1 amide bonds. The van der Waals surface area contributed by atoms with Gasteiger partial charge >= 0.3 is 0 Å². The lowest BCUT2D eigenvalue weighted by Crippen LogP contribution is -2.49. The van der Waals surface area contributed by atoms with E-state index in [4.69, 9.17) is 0 Å². The number of aryl methyl sites for hydroxylation is 2. The van der Waals surface area contributed by atoms with Gasteiger partial charge in [-0.1, -0.05) is 12.1 Å². The summed E-state index contributed by atoms with van der Waals surface area (Å²) >= 11 is 0. The summed E-state index contributed by atoms with van der Waals surface area (Å²) in [4.78, 5) is 14.8. The first-order valence-electron chi connectivity index (χ1n) is 8.74. The number of carbonyl (C=O) groups is 1. The molecule has 5 nitrogen and oxygen atoms in total. The van der Waals surface area contributed by atoms with Crippen molar-refractivity contribution in [3.8, 4) is 0 Å². The van der Waals surface area contributed by atoms with Crippen molar-refractivity contribution in [2.24, 2.45) is 0 Å². The van der Waals surface area contributed by atoms with Crippen LogP contribution in [0.15, 0.2) is 30.3 Å². The highest BCUT2D eigenvalue weighted by molar-refractivity contribution is 5.85. The number of nitrogens with zero attached hydrogens (tertiary/aromatic N) is 3. The molecule has 1 aliphatic rings. The maximum Gasteiger partial charge on any atom is 0.225 e. The average Bonchev–Trinajstić information content (AvgIpc) is 2.93. The van der Waals surface area contributed by atoms with E-state index < -0.39 is 0 Å². The highest BCUT2D eigenvalue weighted by Gasteiger charge is 2.29. The van der Waals surface area contributed by atoms with Crippen molar-refractivity contribution < 1.29 is 9.18 Å². The van der Waals surface area contributed by atoms with Crippen LogP contribution in [0.3, 0.4) is 0 Å². The summed E-state index contributed by atoms with van der Waals surface area (Å²) in [6.45, 7) is 7.99. The Balaban J connectivity index is 0.00000182. The number of hydrogen-bond acceptors (Lipinski definition) is 3. The lowest BCUT2D eigenvalue weighted by molar-refractivity contribution is -0.135. The predicted molar refractivity (Wildman–Crippen MR) is 109 cm³/mol. The van der Waals surface area contributed by atoms with Crippen molar-refractivity contribution in [2.75, 3.05) is 19.6 Å². The van der Waals surface area contributed by atoms with Crippen LogP contribution in [0.25, 0.3) is 0 Å². The number of piperazine rings is 1. The average molecular weight is 417 g/mol. The van der Waals surface area contributed by atoms with E-state index in [0.29, 0.717) is 19.5 Å². The molecule has 8 heteroatoms. The van der Waals surface area contributed by atoms with Crippen molar-refractivity contribution in [3.63, 3.8) is 0 Å². The summed E-state index contributed by atoms with van der Waals surface area (Å²) < 4.78 is 15.5. The van der Waals surface area contributed by atoms with Crippen LogP contribution >= 0.6 is 24.8 Å². The Morgan fingerprint density at radius 1 is 1.33 bits per heavy atom. The van der Waals surface area contributed by atoms with Gasteiger partial charge in [0.15, 0.2) is 0 Å². The quantitative estimate of drug-likeness (QED) is 0.827. The standard InChI is InChI=1S/C19H25FN4O.2ClH/c1-13-9-14(2)24(22-13)15(3)10-19(25)23-8-7-21-12-18(23)16-5-4-6-17(20)11-16;;/h4-6,9,11,15,18,21H,7-8,10,12H2,1-3H3;2*1H. The van der Waals surface area contributed by atoms with Crippen LogP contribution in [0.1, 0.15) is 42.4 Å². The summed E-state index contributed by atoms with van der Waals surface area (Å²) in [5, 5.41) is 7.78. The van der Waals surface area contributed by atoms with Gasteiger partial charge in [-0.15, -0.1) is 24.8 Å². The van der Waals surface area contributed by atoms with Gasteiger partial charge in [0.05, 0.1) is 17.8 Å². The van der Waals surface area contributed by atoms with Gasteiger partial charge in [0.1, 0.15) is 5.82 Å². The fourth-order valence-electron chi connectivity index (χ4n) is 3.56. The van der Waals surface area contributed by atoms with Crippen LogP contribution in [-0.2, 0) is 4.79 Å². The molecular weight excluding hydrogens is 390 g/mol. The van der Waals surface area contributed by atoms with Crippen molar-refractivity contribution >= 4 is 30.7 Å². The lowest BCUT2D eigenvalue weighted by atomic mass is 10.0. The Hall–Kier alpha value is -1.63. The fraction of sp³-hybridized carbons (Fsp3) is 0.474. The number of benzene rings is 1. The fourth-order valence-corrected chi connectivity index (χ4v) is 3.56. The van der Waals surface area contributed by atoms with Crippen LogP contribution in [0.4, 0.5) is 4.39 Å². The second-order valence-corrected chi connectivity index (χ2v) is 6.79. The number of rotatable bonds is 4. The maximum absolute atomic E-state index is 13.6. The molecular formula is C19H27Cl2FN4O. The van der Waals surface area contributed by atoms with E-state index in [1.165, 1.54) is 12.1 Å². The van der Waals surface area contributed by atoms with Gasteiger partial charge in [-0.3, -0.25) is 9.48 Å². The van der Waals surface area contributed by atoms with E-state index in [9.17, 15) is 9.18 Å². The highest BCUT2D eigenvalue weighted by atomic mass is 35.5. The molecule has 1 N–H and O–H groups in total. The first-order valence-corrected chi connectivity index (χ1v) is 8.74. The molecule has 0 saturated carbocycles. The summed E-state index contributed by atoms with van der Waals surface area (Å²) in [7, 11) is 0. The number of nitrogens with one attached hydrogen (secondary N) is 1. The third kappa shape index (κ3) is 5.43. The Bertz CT molecular complexity index is 768. The van der Waals surface area contributed by atoms with Crippen LogP contribution in [-0.4, -0.2) is 40.2 Å². The van der Waals surface area contributed by atoms with Gasteiger partial charge in [-0.2, -0.15) is 5.10 Å². The maximum atomic E-state index is 13.6. The smallest absolute Gasteiger partial charge is 0.225 e. The molecule has 3 rings (SSSR count). The Morgan fingerprint density at radius 3 is 2.70 bits per heavy atom. The van der Waals surface area contributed by atoms with E-state index in [1.54, 1.807) is 6.07 Å². The molecule has 0 spiro atoms. The summed E-state index contributed by atoms with van der Waals surface area (Å²) in [5.74, 6) is -0.192. The molecule has 27 heavy (non-hydrogen) atoms. The van der Waals surface area contributed by atoms with Crippen molar-refractivity contribution in [1.82, 2.24) is 20.0 Å². The highest BCUT2D eigenvalue weighted by Crippen LogP contribution is 2.25. The molecule has 2 atom stereocenters. The van der Waals surface area contributed by atoms with E-state index in [2.05, 4.69) is 10.4 Å². The number of amides is 1. The first-order chi connectivity index (χ1) is 12.0. The monoisotopic (exact) mass is 416 g/mol. The third-order valence-corrected chi connectivity index (χ3v) is 4.73. The SMILES string of the molecule is Cc1cc(C)n(C(C)CC(=O)N2CCNCC2c2cccc(F)c2)n1.Cl.Cl. The zero-order valence-electron chi connectivity index (χ0n) is 15.8. The molecule has 0 radical (unpaired) electrons. The van der Waals surface area contributed by atoms with Crippen molar-refractivity contribution in [2.45, 2.75) is 39.3 Å². The Labute approximate surface area is 172 Å². The summed E-state index contributed by atoms with van der Waals surface area (Å²) in [6.07, 6.45) is 0.383. The van der Waals surface area contributed by atoms with Gasteiger partial charge in [0, 0.05) is 31.7 Å². The van der Waals surface area contributed by atoms with Crippen LogP contribution < -0.4 is 5.32 Å². The first kappa shape index (κ1) is 23.4. The van der Waals surface area contributed by atoms with Crippen LogP contribution in [0.5, 0.6) is 0 Å². The number of halogens is 3. The lowest BCUT2D eigenvalue weighted by Gasteiger charge is -2.37. The normalized spacial score (nSPS) is 17.6. The molecule has 2 heterocycles. The minimum atomic E-state index is -0.272. The van der Waals surface area contributed by atoms with Gasteiger partial charge in [0.2, 0.25) is 5.91 Å². The Morgan fingerprint density at radius 2 is 2.07 bits per heavy atom. The van der Waals surface area contributed by atoms with E-state index >= 15 is 0 Å². The molecule has 2 aromatic rings.